The van der Waals surface area contributed by atoms with Crippen molar-refractivity contribution in [3.8, 4) is 5.75 Å². The number of nitrogens with zero attached hydrogens (tertiary/aromatic N) is 3. The molecule has 2 aliphatic heterocycles. The molecule has 4 N–H and O–H groups in total. The molecule has 2 heterocycles. The van der Waals surface area contributed by atoms with E-state index < -0.39 is 5.66 Å². The van der Waals surface area contributed by atoms with Crippen molar-refractivity contribution < 1.29 is 9.57 Å². The van der Waals surface area contributed by atoms with Crippen LogP contribution in [0.4, 0.5) is 0 Å². The molecule has 2 aliphatic rings. The molecule has 0 atom stereocenters. The molecule has 0 unspecified atom stereocenters. The van der Waals surface area contributed by atoms with Crippen LogP contribution in [0.5, 0.6) is 5.75 Å². The number of nitrogens with two attached hydrogens (primary N) is 2. The number of aliphatic imine (C=N–C) groups is 2. The molecule has 0 aliphatic carbocycles. The van der Waals surface area contributed by atoms with Crippen molar-refractivity contribution in [3.63, 3.8) is 0 Å². The molecular weight excluding hydrogens is 433 g/mol. The second-order valence-electron chi connectivity index (χ2n) is 6.06. The second kappa shape index (κ2) is 8.96. The van der Waals surface area contributed by atoms with Gasteiger partial charge in [0.15, 0.2) is 5.66 Å². The summed E-state index contributed by atoms with van der Waals surface area (Å²) in [6.07, 6.45) is 2.19. The minimum atomic E-state index is -0.574. The zero-order chi connectivity index (χ0) is 19.4. The van der Waals surface area contributed by atoms with Gasteiger partial charge in [-0.05, 0) is 17.6 Å². The fraction of sp³-hybridized carbons (Fsp3) is 0.500. The maximum Gasteiger partial charge on any atom is 0.226 e. The quantitative estimate of drug-likeness (QED) is 0.506. The van der Waals surface area contributed by atoms with E-state index in [9.17, 15) is 0 Å². The lowest BCUT2D eigenvalue weighted by Crippen LogP contribution is -2.58. The number of ether oxygens (including phenoxy) is 1. The highest BCUT2D eigenvalue weighted by Gasteiger charge is 2.43. The van der Waals surface area contributed by atoms with Gasteiger partial charge in [-0.1, -0.05) is 34.8 Å². The first-order valence-electron chi connectivity index (χ1n) is 8.39. The van der Waals surface area contributed by atoms with Gasteiger partial charge in [-0.25, -0.2) is 4.99 Å². The summed E-state index contributed by atoms with van der Waals surface area (Å²) in [5, 5.41) is 2.77. The molecule has 27 heavy (non-hydrogen) atoms. The molecule has 3 rings (SSSR count). The minimum Gasteiger partial charge on any atom is -0.492 e. The third-order valence-corrected chi connectivity index (χ3v) is 6.18. The van der Waals surface area contributed by atoms with Gasteiger partial charge in [0.1, 0.15) is 5.75 Å². The van der Waals surface area contributed by atoms with Crippen LogP contribution in [0.25, 0.3) is 0 Å². The van der Waals surface area contributed by atoms with Crippen molar-refractivity contribution in [1.82, 2.24) is 5.06 Å². The van der Waals surface area contributed by atoms with Crippen molar-refractivity contribution in [2.45, 2.75) is 24.9 Å². The van der Waals surface area contributed by atoms with E-state index in [-0.39, 0.29) is 11.9 Å². The van der Waals surface area contributed by atoms with Crippen LogP contribution in [-0.2, 0) is 4.84 Å². The number of hydrogen-bond acceptors (Lipinski definition) is 8. The topological polar surface area (TPSA) is 98.5 Å². The monoisotopic (exact) mass is 451 g/mol. The van der Waals surface area contributed by atoms with Gasteiger partial charge in [0, 0.05) is 25.3 Å². The van der Waals surface area contributed by atoms with E-state index in [1.807, 2.05) is 11.8 Å². The largest absolute Gasteiger partial charge is 0.492 e. The lowest BCUT2D eigenvalue weighted by molar-refractivity contribution is -0.171. The van der Waals surface area contributed by atoms with Crippen LogP contribution in [0.2, 0.25) is 15.1 Å². The van der Waals surface area contributed by atoms with Crippen LogP contribution in [-0.4, -0.2) is 47.4 Å². The number of thioether (sulfide) groups is 1. The van der Waals surface area contributed by atoms with E-state index in [1.165, 1.54) is 0 Å². The Morgan fingerprint density at radius 2 is 1.78 bits per heavy atom. The van der Waals surface area contributed by atoms with Gasteiger partial charge in [-0.15, -0.1) is 0 Å². The Bertz CT molecular complexity index is 756. The maximum atomic E-state index is 6.10. The zero-order valence-corrected chi connectivity index (χ0v) is 17.5. The van der Waals surface area contributed by atoms with Gasteiger partial charge in [-0.2, -0.15) is 21.8 Å². The van der Waals surface area contributed by atoms with Crippen molar-refractivity contribution in [2.24, 2.45) is 21.5 Å². The summed E-state index contributed by atoms with van der Waals surface area (Å²) in [6.45, 7) is 0.760. The highest BCUT2D eigenvalue weighted by atomic mass is 35.5. The summed E-state index contributed by atoms with van der Waals surface area (Å²) in [6, 6.07) is 3.14. The molecule has 1 aromatic carbocycles. The molecule has 148 valence electrons. The van der Waals surface area contributed by atoms with E-state index in [0.717, 1.165) is 24.3 Å². The lowest BCUT2D eigenvalue weighted by atomic mass is 10.0. The first kappa shape index (κ1) is 20.7. The van der Waals surface area contributed by atoms with E-state index in [2.05, 4.69) is 9.98 Å². The lowest BCUT2D eigenvalue weighted by Gasteiger charge is -2.43. The average Bonchev–Trinajstić information content (AvgIpc) is 2.61. The smallest absolute Gasteiger partial charge is 0.226 e. The van der Waals surface area contributed by atoms with Gasteiger partial charge < -0.3 is 16.2 Å². The number of rotatable bonds is 6. The number of guanidine groups is 2. The maximum absolute atomic E-state index is 6.10. The summed E-state index contributed by atoms with van der Waals surface area (Å²) >= 11 is 19.9. The second-order valence-corrected chi connectivity index (χ2v) is 8.51. The molecule has 0 saturated carbocycles. The minimum absolute atomic E-state index is 0.192. The molecule has 11 heteroatoms. The fourth-order valence-electron chi connectivity index (χ4n) is 2.87. The van der Waals surface area contributed by atoms with Gasteiger partial charge in [0.05, 0.1) is 28.3 Å². The highest BCUT2D eigenvalue weighted by Crippen LogP contribution is 2.36. The van der Waals surface area contributed by atoms with Crippen molar-refractivity contribution >= 4 is 58.5 Å². The van der Waals surface area contributed by atoms with Gasteiger partial charge >= 0.3 is 0 Å². The Balaban J connectivity index is 1.53. The van der Waals surface area contributed by atoms with E-state index in [0.29, 0.717) is 40.5 Å². The Kier molecular flexibility index (Phi) is 6.86. The molecule has 0 aromatic heterocycles. The van der Waals surface area contributed by atoms with Crippen LogP contribution in [0.1, 0.15) is 19.3 Å². The van der Waals surface area contributed by atoms with Gasteiger partial charge in [-0.3, -0.25) is 4.84 Å². The van der Waals surface area contributed by atoms with E-state index in [4.69, 9.17) is 55.8 Å². The van der Waals surface area contributed by atoms with Crippen molar-refractivity contribution in [1.29, 1.82) is 0 Å². The number of benzene rings is 1. The Morgan fingerprint density at radius 3 is 2.52 bits per heavy atom. The molecule has 1 saturated heterocycles. The summed E-state index contributed by atoms with van der Waals surface area (Å²) in [4.78, 5) is 14.4. The van der Waals surface area contributed by atoms with Crippen LogP contribution >= 0.6 is 46.6 Å². The normalized spacial score (nSPS) is 19.0. The van der Waals surface area contributed by atoms with Crippen molar-refractivity contribution in [2.75, 3.05) is 24.7 Å². The standard InChI is InChI=1S/C16H20Cl3N5O2S/c17-10-8-12(19)13(9-11(10)18)25-4-1-5-26-24-15(21)22-14(20)23-16(24)2-6-27-7-3-16/h8-9H,1-7H2,(H4,20,21,22,23). The summed E-state index contributed by atoms with van der Waals surface area (Å²) < 4.78 is 5.66. The number of hydrogen-bond donors (Lipinski definition) is 2. The Labute approximate surface area is 177 Å². The van der Waals surface area contributed by atoms with Crippen LogP contribution < -0.4 is 16.2 Å². The summed E-state index contributed by atoms with van der Waals surface area (Å²) in [7, 11) is 0. The molecule has 0 amide bonds. The molecule has 1 fully saturated rings. The van der Waals surface area contributed by atoms with Crippen LogP contribution in [0.3, 0.4) is 0 Å². The predicted octanol–water partition coefficient (Wildman–Crippen LogP) is 3.52. The van der Waals surface area contributed by atoms with E-state index >= 15 is 0 Å². The molecule has 0 radical (unpaired) electrons. The fourth-order valence-corrected chi connectivity index (χ4v) is 4.61. The third-order valence-electron chi connectivity index (χ3n) is 4.17. The highest BCUT2D eigenvalue weighted by molar-refractivity contribution is 7.99. The van der Waals surface area contributed by atoms with Gasteiger partial charge in [0.25, 0.3) is 0 Å². The predicted molar refractivity (Wildman–Crippen MR) is 112 cm³/mol. The summed E-state index contributed by atoms with van der Waals surface area (Å²) in [5.41, 5.74) is 11.3. The van der Waals surface area contributed by atoms with Crippen molar-refractivity contribution in [3.05, 3.63) is 27.2 Å². The average molecular weight is 453 g/mol. The number of hydroxylamine groups is 2. The Morgan fingerprint density at radius 1 is 1.07 bits per heavy atom. The first-order chi connectivity index (χ1) is 12.9. The van der Waals surface area contributed by atoms with Crippen LogP contribution in [0.15, 0.2) is 22.1 Å². The van der Waals surface area contributed by atoms with Crippen LogP contribution in [0, 0.1) is 0 Å². The first-order valence-corrected chi connectivity index (χ1v) is 10.7. The zero-order valence-electron chi connectivity index (χ0n) is 14.5. The third kappa shape index (κ3) is 4.86. The Hall–Kier alpha value is -1.06. The number of halogens is 3. The van der Waals surface area contributed by atoms with Gasteiger partial charge in [0.2, 0.25) is 11.9 Å². The van der Waals surface area contributed by atoms with E-state index in [1.54, 1.807) is 17.2 Å². The molecular formula is C16H20Cl3N5O2S. The summed E-state index contributed by atoms with van der Waals surface area (Å²) in [5.74, 6) is 2.81. The molecule has 0 bridgehead atoms. The molecule has 1 aromatic rings. The molecule has 1 spiro atoms. The SMILES string of the molecule is NC1=NC2(CCSCC2)N(OCCCOc2cc(Cl)c(Cl)cc2Cl)C(N)=N1. The molecule has 7 nitrogen and oxygen atoms in total.